The molecule has 8 N–H and O–H groups in total. The van der Waals surface area contributed by atoms with Crippen LogP contribution in [0.1, 0.15) is 0 Å². The number of carbonyl (C=O) groups excluding carboxylic acids is 1. The van der Waals surface area contributed by atoms with Crippen molar-refractivity contribution in [1.82, 2.24) is 0 Å². The number of aliphatic hydroxyl groups is 6. The van der Waals surface area contributed by atoms with Crippen molar-refractivity contribution in [3.8, 4) is 0 Å². The summed E-state index contributed by atoms with van der Waals surface area (Å²) in [7, 11) is -5.30. The highest BCUT2D eigenvalue weighted by atomic mass is 31.2. The van der Waals surface area contributed by atoms with Crippen LogP contribution in [-0.2, 0) is 18.6 Å². The lowest BCUT2D eigenvalue weighted by Crippen LogP contribution is -2.51. The maximum atomic E-state index is 12.2. The van der Waals surface area contributed by atoms with Crippen LogP contribution in [-0.4, -0.2) is 102 Å². The van der Waals surface area contributed by atoms with Crippen LogP contribution in [0.25, 0.3) is 0 Å². The summed E-state index contributed by atoms with van der Waals surface area (Å²) in [4.78, 5) is 29.8. The molecule has 1 aliphatic heterocycles. The molecule has 1 heterocycles. The monoisotopic (exact) mass is 362 g/mol. The van der Waals surface area contributed by atoms with E-state index in [1.54, 1.807) is 0 Å². The first-order valence-corrected chi connectivity index (χ1v) is 7.93. The molecule has 0 saturated carbocycles. The van der Waals surface area contributed by atoms with Crippen LogP contribution in [0.2, 0.25) is 0 Å². The van der Waals surface area contributed by atoms with Gasteiger partial charge in [0, 0.05) is 0 Å². The summed E-state index contributed by atoms with van der Waals surface area (Å²) in [5, 5.41) is 56.0. The van der Waals surface area contributed by atoms with Crippen LogP contribution in [0.4, 0.5) is 0 Å². The quantitative estimate of drug-likeness (QED) is 0.191. The Hall–Kier alpha value is -0.500. The highest BCUT2D eigenvalue weighted by Gasteiger charge is 2.50. The third-order valence-corrected chi connectivity index (χ3v) is 3.75. The topological polar surface area (TPSA) is 214 Å². The molecule has 1 saturated heterocycles. The molecular weight excluding hydrogens is 343 g/mol. The maximum Gasteiger partial charge on any atom is 0.470 e. The normalized spacial score (nSPS) is 32.5. The van der Waals surface area contributed by atoms with E-state index in [0.717, 1.165) is 0 Å². The number of ketones is 1. The molecule has 0 aromatic carbocycles. The van der Waals surface area contributed by atoms with Crippen LogP contribution < -0.4 is 0 Å². The average Bonchev–Trinajstić information content (AvgIpc) is 2.77. The third-order valence-electron chi connectivity index (χ3n) is 3.25. The number of ether oxygens (including phenoxy) is 1. The third kappa shape index (κ3) is 4.98. The lowest BCUT2D eigenvalue weighted by Gasteiger charge is -2.27. The molecule has 7 atom stereocenters. The van der Waals surface area contributed by atoms with Gasteiger partial charge in [-0.3, -0.25) is 9.32 Å². The van der Waals surface area contributed by atoms with Gasteiger partial charge in [-0.25, -0.2) is 4.57 Å². The molecule has 0 aliphatic carbocycles. The highest BCUT2D eigenvalue weighted by molar-refractivity contribution is 7.46. The van der Waals surface area contributed by atoms with Crippen LogP contribution in [0.5, 0.6) is 0 Å². The van der Waals surface area contributed by atoms with E-state index >= 15 is 0 Å². The molecule has 1 rings (SSSR count). The zero-order chi connectivity index (χ0) is 17.9. The van der Waals surface area contributed by atoms with E-state index in [9.17, 15) is 29.8 Å². The number of Topliss-reactive ketones (excluding diaryl/α,β-unsaturated/α-hetero) is 1. The Morgan fingerprint density at radius 2 is 1.74 bits per heavy atom. The van der Waals surface area contributed by atoms with Crippen molar-refractivity contribution in [2.45, 2.75) is 42.7 Å². The fourth-order valence-corrected chi connectivity index (χ4v) is 2.56. The summed E-state index contributed by atoms with van der Waals surface area (Å²) in [5.41, 5.74) is 0. The van der Waals surface area contributed by atoms with Crippen LogP contribution in [0, 0.1) is 0 Å². The van der Waals surface area contributed by atoms with Gasteiger partial charge in [-0.15, -0.1) is 0 Å². The molecular formula is C10H19O12P. The molecule has 4 unspecified atom stereocenters. The minimum Gasteiger partial charge on any atom is -0.394 e. The van der Waals surface area contributed by atoms with E-state index in [4.69, 9.17) is 24.7 Å². The summed E-state index contributed by atoms with van der Waals surface area (Å²) in [6.07, 6.45) is -13.3. The Kier molecular flexibility index (Phi) is 7.19. The maximum absolute atomic E-state index is 12.2. The summed E-state index contributed by atoms with van der Waals surface area (Å²) in [5.74, 6) is -1.39. The minimum atomic E-state index is -5.30. The van der Waals surface area contributed by atoms with E-state index < -0.39 is 69.5 Å². The Morgan fingerprint density at radius 3 is 2.13 bits per heavy atom. The van der Waals surface area contributed by atoms with E-state index in [1.807, 2.05) is 0 Å². The summed E-state index contributed by atoms with van der Waals surface area (Å²) < 4.78 is 19.9. The molecule has 0 aromatic rings. The number of rotatable bonds is 8. The average molecular weight is 362 g/mol. The van der Waals surface area contributed by atoms with Crippen LogP contribution in [0.3, 0.4) is 0 Å². The van der Waals surface area contributed by atoms with Gasteiger partial charge in [0.25, 0.3) is 0 Å². The number of carbonyl (C=O) groups is 1. The van der Waals surface area contributed by atoms with Crippen molar-refractivity contribution in [3.63, 3.8) is 0 Å². The van der Waals surface area contributed by atoms with Crippen molar-refractivity contribution in [3.05, 3.63) is 0 Å². The lowest BCUT2D eigenvalue weighted by molar-refractivity contribution is -0.153. The van der Waals surface area contributed by atoms with Crippen molar-refractivity contribution in [2.75, 3.05) is 13.2 Å². The van der Waals surface area contributed by atoms with Gasteiger partial charge in [0.15, 0.2) is 11.9 Å². The molecule has 0 amide bonds. The predicted octanol–water partition coefficient (Wildman–Crippen LogP) is -4.77. The number of aliphatic hydroxyl groups excluding tert-OH is 6. The first kappa shape index (κ1) is 20.5. The van der Waals surface area contributed by atoms with Crippen molar-refractivity contribution < 1.29 is 59.0 Å². The minimum absolute atomic E-state index is 0.756. The van der Waals surface area contributed by atoms with Gasteiger partial charge in [0.1, 0.15) is 36.6 Å². The first-order valence-electron chi connectivity index (χ1n) is 6.40. The standard InChI is InChI=1S/C10H19O12P/c11-1-3(13)5(14)10(22-23(18,19)20)8(17)9-7(16)6(15)4(2-12)21-9/h3-7,9-16H,1-2H2,(H2,18,19,20)/t3?,4-,5?,6-,7-,9?,10?/m1/s1. The molecule has 1 aliphatic rings. The molecule has 13 heteroatoms. The molecule has 0 aromatic heterocycles. The van der Waals surface area contributed by atoms with Gasteiger partial charge >= 0.3 is 7.82 Å². The second kappa shape index (κ2) is 8.05. The number of phosphoric ester groups is 1. The Morgan fingerprint density at radius 1 is 1.17 bits per heavy atom. The van der Waals surface area contributed by atoms with E-state index in [1.165, 1.54) is 0 Å². The molecule has 136 valence electrons. The van der Waals surface area contributed by atoms with Gasteiger partial charge in [-0.2, -0.15) is 0 Å². The summed E-state index contributed by atoms with van der Waals surface area (Å²) in [6, 6.07) is 0. The van der Waals surface area contributed by atoms with Gasteiger partial charge in [0.2, 0.25) is 0 Å². The van der Waals surface area contributed by atoms with Gasteiger partial charge in [0.05, 0.1) is 13.2 Å². The lowest BCUT2D eigenvalue weighted by atomic mass is 9.97. The van der Waals surface area contributed by atoms with Gasteiger partial charge in [-0.1, -0.05) is 0 Å². The first-order chi connectivity index (χ1) is 10.5. The van der Waals surface area contributed by atoms with E-state index in [-0.39, 0.29) is 0 Å². The molecule has 0 radical (unpaired) electrons. The summed E-state index contributed by atoms with van der Waals surface area (Å²) >= 11 is 0. The Balaban J connectivity index is 3.02. The number of phosphoric acid groups is 1. The number of hydrogen-bond acceptors (Lipinski definition) is 10. The highest BCUT2D eigenvalue weighted by Crippen LogP contribution is 2.39. The Bertz CT molecular complexity index is 451. The van der Waals surface area contributed by atoms with Crippen molar-refractivity contribution in [1.29, 1.82) is 0 Å². The van der Waals surface area contributed by atoms with Crippen LogP contribution in [0.15, 0.2) is 0 Å². The largest absolute Gasteiger partial charge is 0.470 e. The second-order valence-electron chi connectivity index (χ2n) is 4.92. The van der Waals surface area contributed by atoms with Crippen molar-refractivity contribution >= 4 is 13.6 Å². The van der Waals surface area contributed by atoms with E-state index in [0.29, 0.717) is 0 Å². The van der Waals surface area contributed by atoms with Gasteiger partial charge < -0.3 is 45.2 Å². The molecule has 12 nitrogen and oxygen atoms in total. The number of hydrogen-bond donors (Lipinski definition) is 8. The Labute approximate surface area is 129 Å². The molecule has 1 fully saturated rings. The molecule has 23 heavy (non-hydrogen) atoms. The smallest absolute Gasteiger partial charge is 0.394 e. The zero-order valence-electron chi connectivity index (χ0n) is 11.6. The fourth-order valence-electron chi connectivity index (χ4n) is 2.04. The second-order valence-corrected chi connectivity index (χ2v) is 6.11. The fraction of sp³-hybridized carbons (Fsp3) is 0.900. The zero-order valence-corrected chi connectivity index (χ0v) is 12.5. The van der Waals surface area contributed by atoms with Gasteiger partial charge in [-0.05, 0) is 0 Å². The summed E-state index contributed by atoms with van der Waals surface area (Å²) in [6.45, 7) is -1.81. The predicted molar refractivity (Wildman–Crippen MR) is 68.8 cm³/mol. The van der Waals surface area contributed by atoms with E-state index in [2.05, 4.69) is 4.52 Å². The van der Waals surface area contributed by atoms with Crippen LogP contribution >= 0.6 is 7.82 Å². The molecule has 0 spiro atoms. The SMILES string of the molecule is O=C(C(OP(=O)(O)O)C(O)C(O)CO)C1O[C@H](CO)[C@@H](O)[C@H]1O. The van der Waals surface area contributed by atoms with Crippen molar-refractivity contribution in [2.24, 2.45) is 0 Å². The molecule has 0 bridgehead atoms.